The van der Waals surface area contributed by atoms with Crippen molar-refractivity contribution in [1.29, 1.82) is 0 Å². The van der Waals surface area contributed by atoms with E-state index >= 15 is 0 Å². The SMILES string of the molecule is CC(O)C(NC(=O)C(N)Cc1ccccc1)C(=O)NC(Cc1ccc(O)cc1)C(=O)NC(CCC(=O)O)C(=O)O. The molecule has 0 saturated heterocycles. The highest BCUT2D eigenvalue weighted by Gasteiger charge is 2.32. The number of aliphatic hydroxyl groups excluding tert-OH is 1. The third kappa shape index (κ3) is 10.3. The smallest absolute Gasteiger partial charge is 0.326 e. The molecular formula is C27H34N4O9. The van der Waals surface area contributed by atoms with Crippen molar-refractivity contribution in [2.24, 2.45) is 5.73 Å². The number of amides is 3. The summed E-state index contributed by atoms with van der Waals surface area (Å²) in [5.41, 5.74) is 7.25. The van der Waals surface area contributed by atoms with Gasteiger partial charge in [0.2, 0.25) is 17.7 Å². The molecule has 216 valence electrons. The van der Waals surface area contributed by atoms with E-state index in [4.69, 9.17) is 10.8 Å². The van der Waals surface area contributed by atoms with Gasteiger partial charge in [-0.2, -0.15) is 0 Å². The van der Waals surface area contributed by atoms with Crippen LogP contribution < -0.4 is 21.7 Å². The molecule has 40 heavy (non-hydrogen) atoms. The molecule has 0 aliphatic heterocycles. The summed E-state index contributed by atoms with van der Waals surface area (Å²) in [5.74, 6) is -5.36. The van der Waals surface area contributed by atoms with Crippen LogP contribution in [0.2, 0.25) is 0 Å². The van der Waals surface area contributed by atoms with Gasteiger partial charge in [-0.25, -0.2) is 4.79 Å². The number of rotatable bonds is 15. The lowest BCUT2D eigenvalue weighted by Crippen LogP contribution is -2.60. The number of aliphatic hydroxyl groups is 1. The van der Waals surface area contributed by atoms with Crippen LogP contribution in [0.25, 0.3) is 0 Å². The first-order valence-electron chi connectivity index (χ1n) is 12.5. The molecule has 2 aromatic rings. The summed E-state index contributed by atoms with van der Waals surface area (Å²) in [7, 11) is 0. The maximum absolute atomic E-state index is 13.2. The van der Waals surface area contributed by atoms with Crippen LogP contribution in [0.15, 0.2) is 54.6 Å². The molecular weight excluding hydrogens is 524 g/mol. The fourth-order valence-electron chi connectivity index (χ4n) is 3.76. The lowest BCUT2D eigenvalue weighted by atomic mass is 10.0. The van der Waals surface area contributed by atoms with Crippen molar-refractivity contribution in [1.82, 2.24) is 16.0 Å². The summed E-state index contributed by atoms with van der Waals surface area (Å²) in [6.07, 6.45) is -2.31. The number of hydrogen-bond donors (Lipinski definition) is 8. The maximum atomic E-state index is 13.2. The van der Waals surface area contributed by atoms with Gasteiger partial charge >= 0.3 is 11.9 Å². The van der Waals surface area contributed by atoms with Gasteiger partial charge in [-0.3, -0.25) is 19.2 Å². The van der Waals surface area contributed by atoms with Crippen molar-refractivity contribution in [3.8, 4) is 5.75 Å². The predicted octanol–water partition coefficient (Wildman–Crippen LogP) is -0.711. The summed E-state index contributed by atoms with van der Waals surface area (Å²) in [4.78, 5) is 61.4. The zero-order chi connectivity index (χ0) is 29.8. The lowest BCUT2D eigenvalue weighted by molar-refractivity contribution is -0.143. The van der Waals surface area contributed by atoms with Crippen molar-refractivity contribution in [2.45, 2.75) is 62.9 Å². The quantitative estimate of drug-likeness (QED) is 0.137. The molecule has 5 unspecified atom stereocenters. The van der Waals surface area contributed by atoms with E-state index in [9.17, 15) is 39.3 Å². The first kappa shape index (κ1) is 31.7. The summed E-state index contributed by atoms with van der Waals surface area (Å²) < 4.78 is 0. The van der Waals surface area contributed by atoms with E-state index in [0.29, 0.717) is 5.56 Å². The highest BCUT2D eigenvalue weighted by Crippen LogP contribution is 2.12. The monoisotopic (exact) mass is 558 g/mol. The number of nitrogens with one attached hydrogen (secondary N) is 3. The molecule has 3 amide bonds. The van der Waals surface area contributed by atoms with E-state index in [0.717, 1.165) is 5.56 Å². The summed E-state index contributed by atoms with van der Waals surface area (Å²) >= 11 is 0. The van der Waals surface area contributed by atoms with Crippen molar-refractivity contribution in [3.63, 3.8) is 0 Å². The fraction of sp³-hybridized carbons (Fsp3) is 0.370. The van der Waals surface area contributed by atoms with E-state index in [1.165, 1.54) is 31.2 Å². The minimum atomic E-state index is -1.55. The first-order chi connectivity index (χ1) is 18.9. The van der Waals surface area contributed by atoms with E-state index in [-0.39, 0.29) is 18.6 Å². The Morgan fingerprint density at radius 3 is 1.90 bits per heavy atom. The number of carboxylic acids is 2. The Labute approximate surface area is 230 Å². The molecule has 0 aromatic heterocycles. The molecule has 2 aromatic carbocycles. The second-order valence-electron chi connectivity index (χ2n) is 9.29. The van der Waals surface area contributed by atoms with E-state index in [2.05, 4.69) is 16.0 Å². The number of aromatic hydroxyl groups is 1. The van der Waals surface area contributed by atoms with Crippen molar-refractivity contribution in [3.05, 3.63) is 65.7 Å². The van der Waals surface area contributed by atoms with Gasteiger partial charge in [-0.15, -0.1) is 0 Å². The Balaban J connectivity index is 2.20. The number of carboxylic acid groups (broad SMARTS) is 2. The van der Waals surface area contributed by atoms with E-state index < -0.39 is 72.8 Å². The second-order valence-corrected chi connectivity index (χ2v) is 9.29. The van der Waals surface area contributed by atoms with Gasteiger partial charge < -0.3 is 42.1 Å². The number of aliphatic carboxylic acids is 2. The molecule has 2 rings (SSSR count). The van der Waals surface area contributed by atoms with Crippen LogP contribution >= 0.6 is 0 Å². The predicted molar refractivity (Wildman–Crippen MR) is 142 cm³/mol. The summed E-state index contributed by atoms with van der Waals surface area (Å²) in [6, 6.07) is 9.10. The van der Waals surface area contributed by atoms with Crippen LogP contribution in [0.5, 0.6) is 5.75 Å². The molecule has 0 radical (unpaired) electrons. The number of nitrogens with two attached hydrogens (primary N) is 1. The Kier molecular flexibility index (Phi) is 12.0. The third-order valence-corrected chi connectivity index (χ3v) is 5.97. The first-order valence-corrected chi connectivity index (χ1v) is 12.5. The standard InChI is InChI=1S/C27H34N4O9/c1-15(32)23(31-24(36)19(28)13-16-5-3-2-4-6-16)26(38)30-21(14-17-7-9-18(33)10-8-17)25(37)29-20(27(39)40)11-12-22(34)35/h2-10,15,19-21,23,32-33H,11-14,28H2,1H3,(H,29,37)(H,30,38)(H,31,36)(H,34,35)(H,39,40). The zero-order valence-corrected chi connectivity index (χ0v) is 21.8. The number of carbonyl (C=O) groups is 5. The molecule has 0 saturated carbocycles. The number of hydrogen-bond acceptors (Lipinski definition) is 8. The highest BCUT2D eigenvalue weighted by molar-refractivity contribution is 5.94. The highest BCUT2D eigenvalue weighted by atomic mass is 16.4. The normalized spacial score (nSPS) is 14.6. The van der Waals surface area contributed by atoms with Gasteiger partial charge in [0.25, 0.3) is 0 Å². The van der Waals surface area contributed by atoms with Crippen LogP contribution in [0, 0.1) is 0 Å². The molecule has 0 bridgehead atoms. The average molecular weight is 559 g/mol. The number of phenols is 1. The molecule has 13 heteroatoms. The molecule has 0 aliphatic carbocycles. The Hall–Kier alpha value is -4.49. The van der Waals surface area contributed by atoms with E-state index in [1.54, 1.807) is 30.3 Å². The molecule has 5 atom stereocenters. The van der Waals surface area contributed by atoms with Crippen LogP contribution in [0.1, 0.15) is 30.9 Å². The largest absolute Gasteiger partial charge is 0.508 e. The number of phenolic OH excluding ortho intramolecular Hbond substituents is 1. The Bertz CT molecular complexity index is 1170. The van der Waals surface area contributed by atoms with Crippen LogP contribution in [-0.4, -0.2) is 80.4 Å². The summed E-state index contributed by atoms with van der Waals surface area (Å²) in [5, 5.41) is 45.1. The van der Waals surface area contributed by atoms with Crippen LogP contribution in [0.4, 0.5) is 0 Å². The molecule has 0 heterocycles. The minimum absolute atomic E-state index is 0.0443. The van der Waals surface area contributed by atoms with Gasteiger partial charge in [0.05, 0.1) is 12.1 Å². The molecule has 13 nitrogen and oxygen atoms in total. The molecule has 0 spiro atoms. The number of carbonyl (C=O) groups excluding carboxylic acids is 3. The molecule has 0 fully saturated rings. The zero-order valence-electron chi connectivity index (χ0n) is 21.8. The molecule has 9 N–H and O–H groups in total. The average Bonchev–Trinajstić information content (AvgIpc) is 2.90. The van der Waals surface area contributed by atoms with Crippen molar-refractivity contribution < 1.29 is 44.4 Å². The minimum Gasteiger partial charge on any atom is -0.508 e. The van der Waals surface area contributed by atoms with Crippen LogP contribution in [0.3, 0.4) is 0 Å². The second kappa shape index (κ2) is 15.2. The third-order valence-electron chi connectivity index (χ3n) is 5.97. The van der Waals surface area contributed by atoms with Gasteiger partial charge in [0.15, 0.2) is 0 Å². The van der Waals surface area contributed by atoms with Crippen molar-refractivity contribution >= 4 is 29.7 Å². The summed E-state index contributed by atoms with van der Waals surface area (Å²) in [6.45, 7) is 1.26. The van der Waals surface area contributed by atoms with Gasteiger partial charge in [-0.05, 0) is 43.0 Å². The fourth-order valence-corrected chi connectivity index (χ4v) is 3.76. The van der Waals surface area contributed by atoms with Crippen molar-refractivity contribution in [2.75, 3.05) is 0 Å². The van der Waals surface area contributed by atoms with Gasteiger partial charge in [-0.1, -0.05) is 42.5 Å². The Morgan fingerprint density at radius 1 is 0.775 bits per heavy atom. The lowest BCUT2D eigenvalue weighted by Gasteiger charge is -2.26. The van der Waals surface area contributed by atoms with Gasteiger partial charge in [0.1, 0.15) is 23.9 Å². The number of benzene rings is 2. The maximum Gasteiger partial charge on any atom is 0.326 e. The molecule has 0 aliphatic rings. The Morgan fingerprint density at radius 2 is 1.35 bits per heavy atom. The van der Waals surface area contributed by atoms with E-state index in [1.807, 2.05) is 0 Å². The van der Waals surface area contributed by atoms with Crippen LogP contribution in [-0.2, 0) is 36.8 Å². The topological polar surface area (TPSA) is 228 Å². The van der Waals surface area contributed by atoms with Gasteiger partial charge in [0, 0.05) is 12.8 Å².